The maximum Gasteiger partial charge on any atom is 0.346 e. The predicted octanol–water partition coefficient (Wildman–Crippen LogP) is 4.45. The molecule has 0 bridgehead atoms. The minimum absolute atomic E-state index is 0.146. The first kappa shape index (κ1) is 26.7. The number of hydrogen-bond donors (Lipinski definition) is 0. The second-order valence-corrected chi connectivity index (χ2v) is 8.14. The van der Waals surface area contributed by atoms with Gasteiger partial charge in [-0.05, 0) is 25.5 Å². The van der Waals surface area contributed by atoms with Crippen LogP contribution in [0.15, 0.2) is 78.4 Å². The molecule has 0 N–H and O–H groups in total. The monoisotopic (exact) mass is 501 g/mol. The molecule has 0 heterocycles. The van der Waals surface area contributed by atoms with Crippen LogP contribution >= 0.6 is 0 Å². The zero-order valence-electron chi connectivity index (χ0n) is 20.1. The summed E-state index contributed by atoms with van der Waals surface area (Å²) in [6, 6.07) is 18.4. The molecule has 0 unspecified atom stereocenters. The van der Waals surface area contributed by atoms with Gasteiger partial charge in [0.05, 0.1) is 4.92 Å². The van der Waals surface area contributed by atoms with Crippen molar-refractivity contribution < 1.29 is 33.6 Å². The molecule has 0 spiro atoms. The molecule has 0 aromatic heterocycles. The highest BCUT2D eigenvalue weighted by atomic mass is 16.6. The molecular weight excluding hydrogens is 478 g/mol. The molecule has 0 saturated carbocycles. The average Bonchev–Trinajstić information content (AvgIpc) is 2.89. The molecule has 0 saturated heterocycles. The number of nitro groups is 1. The van der Waals surface area contributed by atoms with Gasteiger partial charge < -0.3 is 9.47 Å². The number of non-ortho nitro benzene ring substituents is 1. The van der Waals surface area contributed by atoms with Crippen LogP contribution < -0.4 is 0 Å². The summed E-state index contributed by atoms with van der Waals surface area (Å²) in [5.41, 5.74) is 1.76. The Kier molecular flexibility index (Phi) is 8.77. The molecule has 0 radical (unpaired) electrons. The summed E-state index contributed by atoms with van der Waals surface area (Å²) >= 11 is 0. The standard InChI is InChI=1S/C28H23NO8/c1-18-6-10-21(11-7-18)25(30)16-36-27(32)24(15-20-4-3-5-23(14-20)29(34)35)28(33)37-17-26(31)22-12-8-19(2)9-13-22/h3-15H,16-17H2,1-2H3. The van der Waals surface area contributed by atoms with Gasteiger partial charge in [0.2, 0.25) is 0 Å². The number of nitrogens with zero attached hydrogens (tertiary/aromatic N) is 1. The van der Waals surface area contributed by atoms with Crippen molar-refractivity contribution in [3.63, 3.8) is 0 Å². The van der Waals surface area contributed by atoms with Gasteiger partial charge in [0.25, 0.3) is 5.69 Å². The Morgan fingerprint density at radius 2 is 1.22 bits per heavy atom. The highest BCUT2D eigenvalue weighted by Crippen LogP contribution is 2.17. The van der Waals surface area contributed by atoms with Crippen LogP contribution in [0, 0.1) is 24.0 Å². The Hall–Kier alpha value is -4.92. The van der Waals surface area contributed by atoms with Crippen molar-refractivity contribution in [2.24, 2.45) is 0 Å². The normalized spacial score (nSPS) is 10.2. The van der Waals surface area contributed by atoms with Crippen LogP contribution in [0.5, 0.6) is 0 Å². The van der Waals surface area contributed by atoms with Crippen molar-refractivity contribution in [1.82, 2.24) is 0 Å². The summed E-state index contributed by atoms with van der Waals surface area (Å²) in [5, 5.41) is 11.1. The number of aryl methyl sites for hydroxylation is 2. The second-order valence-electron chi connectivity index (χ2n) is 8.14. The predicted molar refractivity (Wildman–Crippen MR) is 134 cm³/mol. The van der Waals surface area contributed by atoms with E-state index in [-0.39, 0.29) is 11.3 Å². The first-order valence-corrected chi connectivity index (χ1v) is 11.1. The maximum absolute atomic E-state index is 12.8. The number of benzene rings is 3. The topological polar surface area (TPSA) is 130 Å². The summed E-state index contributed by atoms with van der Waals surface area (Å²) in [4.78, 5) is 60.8. The van der Waals surface area contributed by atoms with E-state index in [1.807, 2.05) is 13.8 Å². The zero-order chi connectivity index (χ0) is 26.9. The van der Waals surface area contributed by atoms with E-state index in [2.05, 4.69) is 0 Å². The fraction of sp³-hybridized carbons (Fsp3) is 0.143. The number of carbonyl (C=O) groups excluding carboxylic acids is 4. The second kappa shape index (κ2) is 12.2. The number of ether oxygens (including phenoxy) is 2. The molecule has 3 aromatic carbocycles. The third-order valence-corrected chi connectivity index (χ3v) is 5.25. The van der Waals surface area contributed by atoms with Crippen molar-refractivity contribution in [3.8, 4) is 0 Å². The number of rotatable bonds is 10. The van der Waals surface area contributed by atoms with Gasteiger partial charge >= 0.3 is 11.9 Å². The Labute approximate surface area is 212 Å². The molecule has 3 aromatic rings. The van der Waals surface area contributed by atoms with E-state index in [0.717, 1.165) is 23.3 Å². The smallest absolute Gasteiger partial charge is 0.346 e. The van der Waals surface area contributed by atoms with E-state index in [9.17, 15) is 29.3 Å². The molecule has 0 aliphatic rings. The van der Waals surface area contributed by atoms with Crippen LogP contribution in [-0.4, -0.2) is 41.6 Å². The van der Waals surface area contributed by atoms with Gasteiger partial charge in [0, 0.05) is 23.3 Å². The average molecular weight is 501 g/mol. The minimum atomic E-state index is -1.18. The Bertz CT molecular complexity index is 1300. The van der Waals surface area contributed by atoms with E-state index >= 15 is 0 Å². The van der Waals surface area contributed by atoms with Gasteiger partial charge in [0.15, 0.2) is 24.8 Å². The molecule has 9 heteroatoms. The van der Waals surface area contributed by atoms with Crippen LogP contribution in [0.3, 0.4) is 0 Å². The van der Waals surface area contributed by atoms with Gasteiger partial charge in [0.1, 0.15) is 5.57 Å². The number of nitro benzene ring substituents is 1. The Morgan fingerprint density at radius 1 is 0.757 bits per heavy atom. The number of esters is 2. The molecule has 37 heavy (non-hydrogen) atoms. The van der Waals surface area contributed by atoms with Crippen LogP contribution in [-0.2, 0) is 19.1 Å². The summed E-state index contributed by atoms with van der Waals surface area (Å²) in [6.45, 7) is 2.41. The molecular formula is C28H23NO8. The summed E-state index contributed by atoms with van der Waals surface area (Å²) in [6.07, 6.45) is 1.05. The lowest BCUT2D eigenvalue weighted by atomic mass is 10.1. The number of Topliss-reactive ketones (excluding diaryl/α,β-unsaturated/α-hetero) is 2. The molecule has 3 rings (SSSR count). The van der Waals surface area contributed by atoms with Crippen molar-refractivity contribution >= 4 is 35.3 Å². The Balaban J connectivity index is 1.78. The van der Waals surface area contributed by atoms with Gasteiger partial charge in [-0.25, -0.2) is 9.59 Å². The van der Waals surface area contributed by atoms with Crippen LogP contribution in [0.1, 0.15) is 37.4 Å². The zero-order valence-corrected chi connectivity index (χ0v) is 20.1. The molecule has 9 nitrogen and oxygen atoms in total. The van der Waals surface area contributed by atoms with Crippen LogP contribution in [0.2, 0.25) is 0 Å². The Morgan fingerprint density at radius 3 is 1.65 bits per heavy atom. The largest absolute Gasteiger partial charge is 0.453 e. The molecule has 188 valence electrons. The fourth-order valence-corrected chi connectivity index (χ4v) is 3.16. The van der Waals surface area contributed by atoms with Gasteiger partial charge in [-0.2, -0.15) is 0 Å². The van der Waals surface area contributed by atoms with Gasteiger partial charge in [-0.3, -0.25) is 19.7 Å². The van der Waals surface area contributed by atoms with Crippen LogP contribution in [0.4, 0.5) is 5.69 Å². The lowest BCUT2D eigenvalue weighted by Crippen LogP contribution is -2.23. The van der Waals surface area contributed by atoms with Crippen molar-refractivity contribution in [1.29, 1.82) is 0 Å². The van der Waals surface area contributed by atoms with E-state index in [1.54, 1.807) is 48.5 Å². The highest BCUT2D eigenvalue weighted by Gasteiger charge is 2.24. The number of ketones is 2. The molecule has 0 amide bonds. The first-order valence-electron chi connectivity index (χ1n) is 11.1. The quantitative estimate of drug-likeness (QED) is 0.0758. The molecule has 0 aliphatic heterocycles. The summed E-state index contributed by atoms with van der Waals surface area (Å²) in [5.74, 6) is -3.35. The molecule has 0 aliphatic carbocycles. The highest BCUT2D eigenvalue weighted by molar-refractivity contribution is 6.18. The molecule has 0 atom stereocenters. The number of carbonyl (C=O) groups is 4. The van der Waals surface area contributed by atoms with E-state index in [0.29, 0.717) is 11.1 Å². The fourth-order valence-electron chi connectivity index (χ4n) is 3.16. The SMILES string of the molecule is Cc1ccc(C(=O)COC(=O)C(=Cc2cccc([N+](=O)[O-])c2)C(=O)OCC(=O)c2ccc(C)cc2)cc1. The van der Waals surface area contributed by atoms with Gasteiger partial charge in [-0.15, -0.1) is 0 Å². The number of hydrogen-bond acceptors (Lipinski definition) is 8. The molecule has 0 fully saturated rings. The van der Waals surface area contributed by atoms with Crippen molar-refractivity contribution in [2.75, 3.05) is 13.2 Å². The van der Waals surface area contributed by atoms with E-state index in [4.69, 9.17) is 9.47 Å². The lowest BCUT2D eigenvalue weighted by molar-refractivity contribution is -0.384. The first-order chi connectivity index (χ1) is 17.6. The third kappa shape index (κ3) is 7.53. The van der Waals surface area contributed by atoms with Crippen molar-refractivity contribution in [2.45, 2.75) is 13.8 Å². The van der Waals surface area contributed by atoms with E-state index in [1.165, 1.54) is 18.2 Å². The summed E-state index contributed by atoms with van der Waals surface area (Å²) in [7, 11) is 0. The van der Waals surface area contributed by atoms with Crippen molar-refractivity contribution in [3.05, 3.63) is 116 Å². The van der Waals surface area contributed by atoms with E-state index < -0.39 is 47.2 Å². The minimum Gasteiger partial charge on any atom is -0.453 e. The maximum atomic E-state index is 12.8. The third-order valence-electron chi connectivity index (χ3n) is 5.25. The van der Waals surface area contributed by atoms with Gasteiger partial charge in [-0.1, -0.05) is 71.8 Å². The summed E-state index contributed by atoms with van der Waals surface area (Å²) < 4.78 is 10.1. The lowest BCUT2D eigenvalue weighted by Gasteiger charge is -2.09. The van der Waals surface area contributed by atoms with Crippen LogP contribution in [0.25, 0.3) is 6.08 Å².